The van der Waals surface area contributed by atoms with E-state index in [1.165, 1.54) is 17.4 Å². The number of nitriles is 1. The molecule has 5 nitrogen and oxygen atoms in total. The molecule has 0 bridgehead atoms. The van der Waals surface area contributed by atoms with E-state index in [1.807, 2.05) is 48.5 Å². The minimum absolute atomic E-state index is 0.111. The van der Waals surface area contributed by atoms with Gasteiger partial charge in [-0.25, -0.2) is 13.1 Å². The number of sulfonamides is 1. The molecule has 1 aromatic heterocycles. The van der Waals surface area contributed by atoms with Crippen molar-refractivity contribution in [2.75, 3.05) is 0 Å². The third-order valence-corrected chi connectivity index (χ3v) is 5.76. The predicted molar refractivity (Wildman–Crippen MR) is 107 cm³/mol. The van der Waals surface area contributed by atoms with Crippen LogP contribution in [0.2, 0.25) is 0 Å². The van der Waals surface area contributed by atoms with Gasteiger partial charge >= 0.3 is 0 Å². The van der Waals surface area contributed by atoms with Gasteiger partial charge in [-0.1, -0.05) is 48.5 Å². The van der Waals surface area contributed by atoms with Crippen LogP contribution < -0.4 is 9.46 Å². The average Bonchev–Trinajstić information content (AvgIpc) is 3.12. The van der Waals surface area contributed by atoms with Crippen molar-refractivity contribution in [1.29, 1.82) is 5.26 Å². The number of rotatable bonds is 7. The molecule has 0 unspecified atom stereocenters. The van der Waals surface area contributed by atoms with Crippen molar-refractivity contribution in [3.8, 4) is 17.6 Å². The number of hydrogen-bond donors (Lipinski definition) is 1. The summed E-state index contributed by atoms with van der Waals surface area (Å²) in [4.78, 5) is 0.194. The smallest absolute Gasteiger partial charge is 0.251 e. The number of para-hydroxylation sites is 1. The molecular weight excluding hydrogens is 380 g/mol. The van der Waals surface area contributed by atoms with Gasteiger partial charge in [0.15, 0.2) is 4.91 Å². The van der Waals surface area contributed by atoms with Crippen molar-refractivity contribution in [2.45, 2.75) is 6.54 Å². The van der Waals surface area contributed by atoms with Crippen LogP contribution in [0.5, 0.6) is 11.5 Å². The third kappa shape index (κ3) is 5.05. The molecular formula is C20H16N2O3S2. The van der Waals surface area contributed by atoms with E-state index in [4.69, 9.17) is 4.74 Å². The Kier molecular flexibility index (Phi) is 6.04. The molecule has 1 N–H and O–H groups in total. The molecule has 136 valence electrons. The van der Waals surface area contributed by atoms with Gasteiger partial charge in [0.25, 0.3) is 10.0 Å². The zero-order chi connectivity index (χ0) is 19.1. The van der Waals surface area contributed by atoms with E-state index in [2.05, 4.69) is 4.72 Å². The maximum atomic E-state index is 12.5. The highest BCUT2D eigenvalue weighted by Gasteiger charge is 2.18. The van der Waals surface area contributed by atoms with Crippen molar-refractivity contribution in [1.82, 2.24) is 4.72 Å². The highest BCUT2D eigenvalue weighted by Crippen LogP contribution is 2.32. The first kappa shape index (κ1) is 18.9. The molecule has 2 aromatic carbocycles. The van der Waals surface area contributed by atoms with Gasteiger partial charge in [0, 0.05) is 6.54 Å². The van der Waals surface area contributed by atoms with E-state index in [1.54, 1.807) is 29.6 Å². The molecule has 0 aliphatic heterocycles. The summed E-state index contributed by atoms with van der Waals surface area (Å²) >= 11 is 1.30. The number of allylic oxidation sites excluding steroid dienone is 1. The Bertz CT molecular complexity index is 1070. The summed E-state index contributed by atoms with van der Waals surface area (Å²) in [5, 5.41) is 11.1. The molecule has 27 heavy (non-hydrogen) atoms. The van der Waals surface area contributed by atoms with Crippen molar-refractivity contribution in [3.63, 3.8) is 0 Å². The monoisotopic (exact) mass is 396 g/mol. The molecule has 0 saturated carbocycles. The van der Waals surface area contributed by atoms with Crippen molar-refractivity contribution < 1.29 is 13.2 Å². The topological polar surface area (TPSA) is 79.2 Å². The Morgan fingerprint density at radius 2 is 1.74 bits per heavy atom. The summed E-state index contributed by atoms with van der Waals surface area (Å²) in [5.41, 5.74) is 0.808. The lowest BCUT2D eigenvalue weighted by Gasteiger charge is -2.07. The largest absolute Gasteiger partial charge is 0.456 e. The summed E-state index contributed by atoms with van der Waals surface area (Å²) in [6.45, 7) is 0.111. The molecule has 7 heteroatoms. The van der Waals surface area contributed by atoms with Gasteiger partial charge < -0.3 is 4.74 Å². The molecule has 0 aliphatic carbocycles. The second kappa shape index (κ2) is 8.64. The van der Waals surface area contributed by atoms with Crippen LogP contribution in [0.15, 0.2) is 77.0 Å². The van der Waals surface area contributed by atoms with Crippen LogP contribution in [-0.2, 0) is 16.6 Å². The maximum Gasteiger partial charge on any atom is 0.251 e. The van der Waals surface area contributed by atoms with Crippen LogP contribution in [0.25, 0.3) is 6.08 Å². The summed E-state index contributed by atoms with van der Waals surface area (Å²) < 4.78 is 33.2. The second-order valence-electron chi connectivity index (χ2n) is 5.49. The number of thiophene rings is 1. The first-order chi connectivity index (χ1) is 13.1. The van der Waals surface area contributed by atoms with E-state index in [0.29, 0.717) is 16.4 Å². The lowest BCUT2D eigenvalue weighted by atomic mass is 10.2. The van der Waals surface area contributed by atoms with Crippen LogP contribution in [0, 0.1) is 11.3 Å². The summed E-state index contributed by atoms with van der Waals surface area (Å²) in [6, 6.07) is 21.8. The van der Waals surface area contributed by atoms with E-state index in [-0.39, 0.29) is 11.4 Å². The first-order valence-corrected chi connectivity index (χ1v) is 10.4. The van der Waals surface area contributed by atoms with Crippen molar-refractivity contribution in [3.05, 3.63) is 87.5 Å². The van der Waals surface area contributed by atoms with Gasteiger partial charge in [-0.05, 0) is 35.2 Å². The molecule has 1 heterocycles. The fourth-order valence-electron chi connectivity index (χ4n) is 2.26. The third-order valence-electron chi connectivity index (χ3n) is 3.60. The zero-order valence-electron chi connectivity index (χ0n) is 14.2. The van der Waals surface area contributed by atoms with Crippen LogP contribution >= 0.6 is 11.3 Å². The summed E-state index contributed by atoms with van der Waals surface area (Å²) in [5.74, 6) is 1.13. The minimum Gasteiger partial charge on any atom is -0.456 e. The molecule has 3 rings (SSSR count). The Hall–Kier alpha value is -2.92. The second-order valence-corrected chi connectivity index (χ2v) is 8.18. The average molecular weight is 396 g/mol. The van der Waals surface area contributed by atoms with Gasteiger partial charge in [-0.15, -0.1) is 11.3 Å². The fourth-order valence-corrected chi connectivity index (χ4v) is 3.99. The normalized spacial score (nSPS) is 11.7. The quantitative estimate of drug-likeness (QED) is 0.595. The number of nitrogens with zero attached hydrogens (tertiary/aromatic N) is 1. The van der Waals surface area contributed by atoms with Crippen molar-refractivity contribution >= 4 is 27.4 Å². The molecule has 0 aliphatic rings. The number of hydrogen-bond acceptors (Lipinski definition) is 5. The predicted octanol–water partition coefficient (Wildman–Crippen LogP) is 4.52. The van der Waals surface area contributed by atoms with E-state index in [0.717, 1.165) is 5.56 Å². The highest BCUT2D eigenvalue weighted by molar-refractivity contribution is 7.93. The Morgan fingerprint density at radius 3 is 2.41 bits per heavy atom. The standard InChI is InChI=1S/C20H16N2O3S2/c21-14-18(27(23,24)22-15-16-7-3-1-4-8-16)13-20-19(11-12-26-20)25-17-9-5-2-6-10-17/h1-13,22H,15H2/b18-13-. The lowest BCUT2D eigenvalue weighted by molar-refractivity contribution is 0.484. The van der Waals surface area contributed by atoms with Crippen LogP contribution in [0.1, 0.15) is 10.4 Å². The van der Waals surface area contributed by atoms with Gasteiger partial charge in [-0.3, -0.25) is 0 Å². The van der Waals surface area contributed by atoms with Gasteiger partial charge in [0.1, 0.15) is 17.6 Å². The van der Waals surface area contributed by atoms with E-state index >= 15 is 0 Å². The maximum absolute atomic E-state index is 12.5. The Labute approximate surface area is 162 Å². The van der Waals surface area contributed by atoms with E-state index < -0.39 is 10.0 Å². The van der Waals surface area contributed by atoms with E-state index in [9.17, 15) is 13.7 Å². The Morgan fingerprint density at radius 1 is 1.07 bits per heavy atom. The fraction of sp³-hybridized carbons (Fsp3) is 0.0500. The minimum atomic E-state index is -3.94. The van der Waals surface area contributed by atoms with Crippen LogP contribution in [0.3, 0.4) is 0 Å². The molecule has 0 fully saturated rings. The van der Waals surface area contributed by atoms with Gasteiger partial charge in [0.05, 0.1) is 4.88 Å². The van der Waals surface area contributed by atoms with Crippen molar-refractivity contribution in [2.24, 2.45) is 0 Å². The summed E-state index contributed by atoms with van der Waals surface area (Å²) in [6.07, 6.45) is 1.33. The zero-order valence-corrected chi connectivity index (χ0v) is 15.8. The van der Waals surface area contributed by atoms with Gasteiger partial charge in [-0.2, -0.15) is 5.26 Å². The SMILES string of the molecule is N#C/C(=C/c1sccc1Oc1ccccc1)S(=O)(=O)NCc1ccccc1. The molecule has 0 atom stereocenters. The lowest BCUT2D eigenvalue weighted by Crippen LogP contribution is -2.24. The molecule has 3 aromatic rings. The summed E-state index contributed by atoms with van der Waals surface area (Å²) in [7, 11) is -3.94. The van der Waals surface area contributed by atoms with Crippen LogP contribution in [0.4, 0.5) is 0 Å². The number of benzene rings is 2. The molecule has 0 amide bonds. The molecule has 0 saturated heterocycles. The molecule has 0 spiro atoms. The molecule has 0 radical (unpaired) electrons. The Balaban J connectivity index is 1.80. The number of nitrogens with one attached hydrogen (secondary N) is 1. The highest BCUT2D eigenvalue weighted by atomic mass is 32.2. The van der Waals surface area contributed by atoms with Crippen LogP contribution in [-0.4, -0.2) is 8.42 Å². The van der Waals surface area contributed by atoms with Gasteiger partial charge in [0.2, 0.25) is 0 Å². The number of ether oxygens (including phenoxy) is 1. The first-order valence-electron chi connectivity index (χ1n) is 8.04.